The van der Waals surface area contributed by atoms with Gasteiger partial charge in [0.15, 0.2) is 0 Å². The van der Waals surface area contributed by atoms with E-state index in [-0.39, 0.29) is 5.56 Å². The van der Waals surface area contributed by atoms with Crippen LogP contribution in [0.3, 0.4) is 0 Å². The molecule has 2 aromatic carbocycles. The molecule has 0 aliphatic heterocycles. The van der Waals surface area contributed by atoms with Gasteiger partial charge in [0.05, 0.1) is 5.56 Å². The minimum atomic E-state index is -0.482. The van der Waals surface area contributed by atoms with E-state index in [9.17, 15) is 14.0 Å². The van der Waals surface area contributed by atoms with Gasteiger partial charge in [0.1, 0.15) is 12.1 Å². The average molecular weight is 322 g/mol. The molecule has 0 fully saturated rings. The summed E-state index contributed by atoms with van der Waals surface area (Å²) in [5.41, 5.74) is 1.26. The number of amides is 1. The van der Waals surface area contributed by atoms with Crippen molar-refractivity contribution in [1.29, 1.82) is 0 Å². The zero-order valence-corrected chi connectivity index (χ0v) is 11.3. The van der Waals surface area contributed by atoms with E-state index in [1.165, 1.54) is 12.1 Å². The van der Waals surface area contributed by atoms with Gasteiger partial charge in [0, 0.05) is 15.7 Å². The molecule has 0 bridgehead atoms. The highest BCUT2D eigenvalue weighted by molar-refractivity contribution is 9.10. The quantitative estimate of drug-likeness (QED) is 0.877. The summed E-state index contributed by atoms with van der Waals surface area (Å²) in [7, 11) is 0. The van der Waals surface area contributed by atoms with E-state index in [1.54, 1.807) is 24.3 Å². The van der Waals surface area contributed by atoms with Crippen LogP contribution >= 0.6 is 15.9 Å². The summed E-state index contributed by atoms with van der Waals surface area (Å²) in [5.74, 6) is -0.908. The number of benzene rings is 2. The average Bonchev–Trinajstić information content (AvgIpc) is 2.42. The summed E-state index contributed by atoms with van der Waals surface area (Å²) >= 11 is 3.19. The van der Waals surface area contributed by atoms with E-state index in [2.05, 4.69) is 21.2 Å². The third-order valence-corrected chi connectivity index (χ3v) is 3.17. The second-order valence-corrected chi connectivity index (χ2v) is 4.67. The highest BCUT2D eigenvalue weighted by atomic mass is 79.9. The Kier molecular flexibility index (Phi) is 4.06. The third kappa shape index (κ3) is 3.26. The molecule has 1 N–H and O–H groups in total. The van der Waals surface area contributed by atoms with E-state index < -0.39 is 11.7 Å². The number of hydrogen-bond acceptors (Lipinski definition) is 2. The molecular weight excluding hydrogens is 313 g/mol. The van der Waals surface area contributed by atoms with Gasteiger partial charge in [-0.25, -0.2) is 4.39 Å². The number of carbonyl (C=O) groups is 2. The fourth-order valence-corrected chi connectivity index (χ4v) is 1.94. The van der Waals surface area contributed by atoms with E-state index in [4.69, 9.17) is 0 Å². The number of hydrogen-bond donors (Lipinski definition) is 1. The summed E-state index contributed by atoms with van der Waals surface area (Å²) in [6, 6.07) is 10.3. The molecule has 1 amide bonds. The van der Waals surface area contributed by atoms with Crippen LogP contribution in [0, 0.1) is 5.82 Å². The lowest BCUT2D eigenvalue weighted by atomic mass is 10.2. The first-order valence-corrected chi connectivity index (χ1v) is 6.21. The van der Waals surface area contributed by atoms with Crippen molar-refractivity contribution < 1.29 is 14.0 Å². The van der Waals surface area contributed by atoms with Crippen LogP contribution in [0.5, 0.6) is 0 Å². The predicted molar refractivity (Wildman–Crippen MR) is 73.9 cm³/mol. The van der Waals surface area contributed by atoms with Gasteiger partial charge in [-0.2, -0.15) is 0 Å². The number of nitrogens with one attached hydrogen (secondary N) is 1. The molecule has 5 heteroatoms. The maximum atomic E-state index is 13.1. The first-order chi connectivity index (χ1) is 9.10. The highest BCUT2D eigenvalue weighted by Crippen LogP contribution is 2.19. The SMILES string of the molecule is O=Cc1ccc(NC(=O)c2cc(F)ccc2Br)cc1. The molecule has 0 aliphatic rings. The maximum absolute atomic E-state index is 13.1. The molecule has 0 spiro atoms. The Morgan fingerprint density at radius 2 is 1.84 bits per heavy atom. The Labute approximate surface area is 117 Å². The van der Waals surface area contributed by atoms with Crippen molar-refractivity contribution in [3.8, 4) is 0 Å². The number of anilines is 1. The second-order valence-electron chi connectivity index (χ2n) is 3.82. The largest absolute Gasteiger partial charge is 0.322 e. The highest BCUT2D eigenvalue weighted by Gasteiger charge is 2.11. The molecule has 2 rings (SSSR count). The lowest BCUT2D eigenvalue weighted by Crippen LogP contribution is -2.12. The Bertz CT molecular complexity index is 626. The molecule has 2 aromatic rings. The van der Waals surface area contributed by atoms with Crippen LogP contribution in [0.1, 0.15) is 20.7 Å². The molecule has 0 saturated carbocycles. The number of halogens is 2. The normalized spacial score (nSPS) is 10.0. The van der Waals surface area contributed by atoms with Crippen molar-refractivity contribution in [2.75, 3.05) is 5.32 Å². The van der Waals surface area contributed by atoms with Gasteiger partial charge in [0.25, 0.3) is 5.91 Å². The zero-order valence-electron chi connectivity index (χ0n) is 9.69. The lowest BCUT2D eigenvalue weighted by Gasteiger charge is -2.07. The molecule has 19 heavy (non-hydrogen) atoms. The van der Waals surface area contributed by atoms with Crippen LogP contribution < -0.4 is 5.32 Å². The number of aldehydes is 1. The van der Waals surface area contributed by atoms with Crippen molar-refractivity contribution in [3.63, 3.8) is 0 Å². The van der Waals surface area contributed by atoms with Gasteiger partial charge >= 0.3 is 0 Å². The van der Waals surface area contributed by atoms with Crippen LogP contribution in [-0.4, -0.2) is 12.2 Å². The van der Waals surface area contributed by atoms with E-state index >= 15 is 0 Å². The summed E-state index contributed by atoms with van der Waals surface area (Å²) < 4.78 is 13.6. The van der Waals surface area contributed by atoms with Gasteiger partial charge in [-0.1, -0.05) is 0 Å². The van der Waals surface area contributed by atoms with Gasteiger partial charge in [-0.15, -0.1) is 0 Å². The first-order valence-electron chi connectivity index (χ1n) is 5.42. The third-order valence-electron chi connectivity index (χ3n) is 2.48. The molecule has 3 nitrogen and oxygen atoms in total. The minimum Gasteiger partial charge on any atom is -0.322 e. The molecule has 0 saturated heterocycles. The summed E-state index contributed by atoms with van der Waals surface area (Å²) in [6.45, 7) is 0. The van der Waals surface area contributed by atoms with Crippen molar-refractivity contribution >= 4 is 33.8 Å². The summed E-state index contributed by atoms with van der Waals surface area (Å²) in [4.78, 5) is 22.5. The minimum absolute atomic E-state index is 0.208. The van der Waals surface area contributed by atoms with Gasteiger partial charge in [0.2, 0.25) is 0 Å². The summed E-state index contributed by atoms with van der Waals surface area (Å²) in [5, 5.41) is 2.63. The predicted octanol–water partition coefficient (Wildman–Crippen LogP) is 3.65. The van der Waals surface area contributed by atoms with E-state index in [0.717, 1.165) is 12.4 Å². The Hall–Kier alpha value is -2.01. The molecule has 0 heterocycles. The van der Waals surface area contributed by atoms with Crippen molar-refractivity contribution in [2.24, 2.45) is 0 Å². The molecular formula is C14H9BrFNO2. The van der Waals surface area contributed by atoms with Gasteiger partial charge in [-0.05, 0) is 58.4 Å². The van der Waals surface area contributed by atoms with Crippen molar-refractivity contribution in [2.45, 2.75) is 0 Å². The standard InChI is InChI=1S/C14H9BrFNO2/c15-13-6-3-10(16)7-12(13)14(19)17-11-4-1-9(8-18)2-5-11/h1-8H,(H,17,19). The smallest absolute Gasteiger partial charge is 0.256 e. The van der Waals surface area contributed by atoms with Crippen molar-refractivity contribution in [1.82, 2.24) is 0 Å². The number of carbonyl (C=O) groups excluding carboxylic acids is 2. The lowest BCUT2D eigenvalue weighted by molar-refractivity contribution is 0.102. The zero-order chi connectivity index (χ0) is 13.8. The number of rotatable bonds is 3. The fraction of sp³-hybridized carbons (Fsp3) is 0. The van der Waals surface area contributed by atoms with Crippen molar-refractivity contribution in [3.05, 3.63) is 63.9 Å². The Morgan fingerprint density at radius 3 is 2.47 bits per heavy atom. The maximum Gasteiger partial charge on any atom is 0.256 e. The van der Waals surface area contributed by atoms with Crippen LogP contribution in [-0.2, 0) is 0 Å². The topological polar surface area (TPSA) is 46.2 Å². The molecule has 0 aromatic heterocycles. The second kappa shape index (κ2) is 5.75. The molecule has 0 unspecified atom stereocenters. The molecule has 0 atom stereocenters. The van der Waals surface area contributed by atoms with Crippen LogP contribution in [0.25, 0.3) is 0 Å². The Balaban J connectivity index is 2.20. The van der Waals surface area contributed by atoms with Crippen LogP contribution in [0.15, 0.2) is 46.9 Å². The van der Waals surface area contributed by atoms with E-state index in [1.807, 2.05) is 0 Å². The van der Waals surface area contributed by atoms with Gasteiger partial charge < -0.3 is 5.32 Å². The molecule has 0 aliphatic carbocycles. The van der Waals surface area contributed by atoms with E-state index in [0.29, 0.717) is 15.7 Å². The van der Waals surface area contributed by atoms with Crippen LogP contribution in [0.2, 0.25) is 0 Å². The fourth-order valence-electron chi connectivity index (χ4n) is 1.51. The van der Waals surface area contributed by atoms with Crippen LogP contribution in [0.4, 0.5) is 10.1 Å². The monoisotopic (exact) mass is 321 g/mol. The molecule has 96 valence electrons. The van der Waals surface area contributed by atoms with Gasteiger partial charge in [-0.3, -0.25) is 9.59 Å². The first kappa shape index (κ1) is 13.4. The Morgan fingerprint density at radius 1 is 1.16 bits per heavy atom. The molecule has 0 radical (unpaired) electrons. The summed E-state index contributed by atoms with van der Waals surface area (Å²) in [6.07, 6.45) is 0.717.